The number of nitro benzene ring substituents is 1. The van der Waals surface area contributed by atoms with E-state index in [0.29, 0.717) is 43.1 Å². The van der Waals surface area contributed by atoms with Crippen LogP contribution in [-0.4, -0.2) is 72.7 Å². The number of aryl methyl sites for hydroxylation is 1. The molecule has 10 heteroatoms. The predicted molar refractivity (Wildman–Crippen MR) is 117 cm³/mol. The molecule has 1 amide bonds. The number of carbonyl (C=O) groups is 2. The van der Waals surface area contributed by atoms with E-state index in [4.69, 9.17) is 9.47 Å². The van der Waals surface area contributed by atoms with Crippen molar-refractivity contribution in [1.82, 2.24) is 15.2 Å². The number of benzene rings is 1. The Kier molecular flexibility index (Phi) is 7.85. The maximum atomic E-state index is 12.8. The van der Waals surface area contributed by atoms with Crippen molar-refractivity contribution in [3.05, 3.63) is 57.4 Å². The molecule has 2 heterocycles. The van der Waals surface area contributed by atoms with Gasteiger partial charge in [0.15, 0.2) is 0 Å². The van der Waals surface area contributed by atoms with Crippen molar-refractivity contribution in [3.63, 3.8) is 0 Å². The summed E-state index contributed by atoms with van der Waals surface area (Å²) in [7, 11) is 0. The number of carbonyl (C=O) groups excluding carboxylic acids is 2. The molecule has 32 heavy (non-hydrogen) atoms. The summed E-state index contributed by atoms with van der Waals surface area (Å²) in [4.78, 5) is 42.6. The maximum Gasteiger partial charge on any atom is 0.340 e. The first-order valence-electron chi connectivity index (χ1n) is 10.4. The smallest absolute Gasteiger partial charge is 0.340 e. The number of amides is 1. The lowest BCUT2D eigenvalue weighted by molar-refractivity contribution is -0.384. The molecule has 0 spiro atoms. The molecule has 3 rings (SSSR count). The van der Waals surface area contributed by atoms with Crippen molar-refractivity contribution in [2.24, 2.45) is 0 Å². The summed E-state index contributed by atoms with van der Waals surface area (Å²) < 4.78 is 10.5. The highest BCUT2D eigenvalue weighted by molar-refractivity contribution is 6.01. The number of aromatic nitrogens is 1. The SMILES string of the molecule is CCOC(=O)c1c(-c2cccc([N+](=O)[O-])c2)cc(C(=O)NCCN2CCOCC2)nc1C. The van der Waals surface area contributed by atoms with Crippen LogP contribution in [0.4, 0.5) is 5.69 Å². The van der Waals surface area contributed by atoms with Crippen LogP contribution in [0.15, 0.2) is 30.3 Å². The molecule has 170 valence electrons. The van der Waals surface area contributed by atoms with Crippen molar-refractivity contribution >= 4 is 17.6 Å². The first kappa shape index (κ1) is 23.3. The van der Waals surface area contributed by atoms with Gasteiger partial charge in [0, 0.05) is 43.9 Å². The zero-order valence-corrected chi connectivity index (χ0v) is 18.1. The van der Waals surface area contributed by atoms with Gasteiger partial charge < -0.3 is 14.8 Å². The Balaban J connectivity index is 1.89. The number of hydrogen-bond acceptors (Lipinski definition) is 8. The van der Waals surface area contributed by atoms with Crippen LogP contribution in [0.2, 0.25) is 0 Å². The summed E-state index contributed by atoms with van der Waals surface area (Å²) in [6.07, 6.45) is 0. The molecular formula is C22H26N4O6. The Morgan fingerprint density at radius 1 is 1.28 bits per heavy atom. The highest BCUT2D eigenvalue weighted by atomic mass is 16.6. The van der Waals surface area contributed by atoms with E-state index < -0.39 is 10.9 Å². The standard InChI is InChI=1S/C22H26N4O6/c1-3-32-22(28)20-15(2)24-19(21(27)23-7-8-25-9-11-31-12-10-25)14-18(20)16-5-4-6-17(13-16)26(29)30/h4-6,13-14H,3,7-12H2,1-2H3,(H,23,27). The van der Waals surface area contributed by atoms with E-state index in [9.17, 15) is 19.7 Å². The summed E-state index contributed by atoms with van der Waals surface area (Å²) in [5, 5.41) is 14.1. The Morgan fingerprint density at radius 3 is 2.72 bits per heavy atom. The Labute approximate surface area is 185 Å². The number of nitrogens with zero attached hydrogens (tertiary/aromatic N) is 3. The molecule has 1 aliphatic rings. The minimum Gasteiger partial charge on any atom is -0.462 e. The molecule has 0 saturated carbocycles. The second-order valence-electron chi connectivity index (χ2n) is 7.25. The fourth-order valence-electron chi connectivity index (χ4n) is 3.51. The van der Waals surface area contributed by atoms with Gasteiger partial charge >= 0.3 is 5.97 Å². The third kappa shape index (κ3) is 5.65. The molecule has 1 aliphatic heterocycles. The molecule has 10 nitrogen and oxygen atoms in total. The number of pyridine rings is 1. The monoisotopic (exact) mass is 442 g/mol. The number of nitro groups is 1. The van der Waals surface area contributed by atoms with Crippen molar-refractivity contribution < 1.29 is 24.0 Å². The largest absolute Gasteiger partial charge is 0.462 e. The van der Waals surface area contributed by atoms with Gasteiger partial charge in [-0.2, -0.15) is 0 Å². The van der Waals surface area contributed by atoms with Gasteiger partial charge in [-0.1, -0.05) is 12.1 Å². The topological polar surface area (TPSA) is 124 Å². The fourth-order valence-corrected chi connectivity index (χ4v) is 3.51. The third-order valence-corrected chi connectivity index (χ3v) is 5.10. The summed E-state index contributed by atoms with van der Waals surface area (Å²) in [6.45, 7) is 7.57. The van der Waals surface area contributed by atoms with Crippen molar-refractivity contribution in [2.75, 3.05) is 46.0 Å². The molecule has 0 radical (unpaired) electrons. The van der Waals surface area contributed by atoms with Crippen LogP contribution in [0.25, 0.3) is 11.1 Å². The van der Waals surface area contributed by atoms with Crippen molar-refractivity contribution in [1.29, 1.82) is 0 Å². The first-order chi connectivity index (χ1) is 15.4. The lowest BCUT2D eigenvalue weighted by Gasteiger charge is -2.26. The van der Waals surface area contributed by atoms with Gasteiger partial charge in [-0.25, -0.2) is 9.78 Å². The van der Waals surface area contributed by atoms with Crippen LogP contribution in [0, 0.1) is 17.0 Å². The first-order valence-corrected chi connectivity index (χ1v) is 10.4. The highest BCUT2D eigenvalue weighted by Crippen LogP contribution is 2.30. The minimum atomic E-state index is -0.599. The van der Waals surface area contributed by atoms with Gasteiger partial charge in [0.1, 0.15) is 5.69 Å². The zero-order chi connectivity index (χ0) is 23.1. The van der Waals surface area contributed by atoms with Crippen LogP contribution in [0.5, 0.6) is 0 Å². The van der Waals surface area contributed by atoms with Gasteiger partial charge in [0.2, 0.25) is 0 Å². The average molecular weight is 442 g/mol. The van der Waals surface area contributed by atoms with E-state index in [1.807, 2.05) is 0 Å². The Hall–Kier alpha value is -3.37. The third-order valence-electron chi connectivity index (χ3n) is 5.10. The van der Waals surface area contributed by atoms with Gasteiger partial charge in [-0.05, 0) is 25.5 Å². The summed E-state index contributed by atoms with van der Waals surface area (Å²) in [5.74, 6) is -0.985. The Morgan fingerprint density at radius 2 is 2.03 bits per heavy atom. The summed E-state index contributed by atoms with van der Waals surface area (Å²) in [5.41, 5.74) is 1.28. The van der Waals surface area contributed by atoms with E-state index in [-0.39, 0.29) is 29.5 Å². The molecular weight excluding hydrogens is 416 g/mol. The van der Waals surface area contributed by atoms with Gasteiger partial charge in [-0.3, -0.25) is 19.8 Å². The molecule has 2 aromatic rings. The van der Waals surface area contributed by atoms with Gasteiger partial charge in [0.25, 0.3) is 11.6 Å². The molecule has 1 saturated heterocycles. The van der Waals surface area contributed by atoms with E-state index in [0.717, 1.165) is 13.1 Å². The molecule has 1 aromatic carbocycles. The van der Waals surface area contributed by atoms with Crippen LogP contribution in [0.3, 0.4) is 0 Å². The van der Waals surface area contributed by atoms with Crippen LogP contribution in [0.1, 0.15) is 33.5 Å². The number of esters is 1. The van der Waals surface area contributed by atoms with Gasteiger partial charge in [-0.15, -0.1) is 0 Å². The van der Waals surface area contributed by atoms with Crippen LogP contribution >= 0.6 is 0 Å². The van der Waals surface area contributed by atoms with Crippen LogP contribution < -0.4 is 5.32 Å². The van der Waals surface area contributed by atoms with E-state index >= 15 is 0 Å². The summed E-state index contributed by atoms with van der Waals surface area (Å²) >= 11 is 0. The number of non-ortho nitro benzene ring substituents is 1. The van der Waals surface area contributed by atoms with E-state index in [2.05, 4.69) is 15.2 Å². The van der Waals surface area contributed by atoms with E-state index in [1.54, 1.807) is 19.9 Å². The molecule has 0 atom stereocenters. The van der Waals surface area contributed by atoms with E-state index in [1.165, 1.54) is 24.3 Å². The molecule has 1 N–H and O–H groups in total. The Bertz CT molecular complexity index is 1000. The van der Waals surface area contributed by atoms with Gasteiger partial charge in [0.05, 0.1) is 36.0 Å². The quantitative estimate of drug-likeness (QED) is 0.375. The minimum absolute atomic E-state index is 0.122. The molecule has 1 fully saturated rings. The molecule has 0 unspecified atom stereocenters. The number of hydrogen-bond donors (Lipinski definition) is 1. The molecule has 1 aromatic heterocycles. The number of morpholine rings is 1. The number of ether oxygens (including phenoxy) is 2. The predicted octanol–water partition coefficient (Wildman–Crippen LogP) is 2.20. The average Bonchev–Trinajstić information content (AvgIpc) is 2.79. The second-order valence-corrected chi connectivity index (χ2v) is 7.25. The lowest BCUT2D eigenvalue weighted by Crippen LogP contribution is -2.41. The number of nitrogens with one attached hydrogen (secondary N) is 1. The second kappa shape index (κ2) is 10.8. The normalized spacial score (nSPS) is 14.1. The highest BCUT2D eigenvalue weighted by Gasteiger charge is 2.23. The lowest BCUT2D eigenvalue weighted by atomic mass is 9.97. The molecule has 0 aliphatic carbocycles. The summed E-state index contributed by atoms with van der Waals surface area (Å²) in [6, 6.07) is 7.37. The number of rotatable bonds is 8. The molecule has 0 bridgehead atoms. The maximum absolute atomic E-state index is 12.8. The van der Waals surface area contributed by atoms with Crippen LogP contribution in [-0.2, 0) is 9.47 Å². The van der Waals surface area contributed by atoms with Crippen molar-refractivity contribution in [2.45, 2.75) is 13.8 Å². The fraction of sp³-hybridized carbons (Fsp3) is 0.409. The zero-order valence-electron chi connectivity index (χ0n) is 18.1. The van der Waals surface area contributed by atoms with Crippen molar-refractivity contribution in [3.8, 4) is 11.1 Å².